The first kappa shape index (κ1) is 18.5. The van der Waals surface area contributed by atoms with Crippen molar-refractivity contribution in [2.24, 2.45) is 22.7 Å². The molecule has 1 saturated heterocycles. The van der Waals surface area contributed by atoms with Gasteiger partial charge in [-0.3, -0.25) is 20.3 Å². The number of guanidine groups is 1. The van der Waals surface area contributed by atoms with Crippen LogP contribution in [-0.2, 0) is 11.0 Å². The fraction of sp³-hybridized carbons (Fsp3) is 0.357. The number of nitrogens with two attached hydrogens (primary N) is 2. The van der Waals surface area contributed by atoms with E-state index in [4.69, 9.17) is 11.7 Å². The summed E-state index contributed by atoms with van der Waals surface area (Å²) >= 11 is 0. The molecule has 1 aliphatic rings. The predicted octanol–water partition coefficient (Wildman–Crippen LogP) is -0.0233. The molecule has 136 valence electrons. The van der Waals surface area contributed by atoms with Gasteiger partial charge in [0.2, 0.25) is 11.9 Å². The van der Waals surface area contributed by atoms with Gasteiger partial charge >= 0.3 is 6.18 Å². The zero-order valence-corrected chi connectivity index (χ0v) is 13.0. The van der Waals surface area contributed by atoms with Gasteiger partial charge < -0.3 is 10.7 Å². The van der Waals surface area contributed by atoms with E-state index in [1.807, 2.05) is 0 Å². The zero-order valence-electron chi connectivity index (χ0n) is 13.0. The van der Waals surface area contributed by atoms with Crippen LogP contribution in [0.15, 0.2) is 29.4 Å². The first-order valence-electron chi connectivity index (χ1n) is 7.28. The Morgan fingerprint density at radius 2 is 2.04 bits per heavy atom. The highest BCUT2D eigenvalue weighted by atomic mass is 19.4. The smallest absolute Gasteiger partial charge is 0.338 e. The highest BCUT2D eigenvalue weighted by Crippen LogP contribution is 2.30. The van der Waals surface area contributed by atoms with Gasteiger partial charge in [0.05, 0.1) is 11.5 Å². The van der Waals surface area contributed by atoms with Crippen LogP contribution >= 0.6 is 0 Å². The lowest BCUT2D eigenvalue weighted by atomic mass is 10.1. The quantitative estimate of drug-likeness (QED) is 0.256. The Hall–Kier alpha value is -2.82. The van der Waals surface area contributed by atoms with E-state index in [9.17, 15) is 22.8 Å². The van der Waals surface area contributed by atoms with E-state index >= 15 is 0 Å². The summed E-state index contributed by atoms with van der Waals surface area (Å²) in [6.07, 6.45) is -4.17. The number of amides is 2. The van der Waals surface area contributed by atoms with Crippen molar-refractivity contribution < 1.29 is 22.8 Å². The average molecular weight is 358 g/mol. The molecule has 1 fully saturated rings. The minimum Gasteiger partial charge on any atom is -0.338 e. The molecule has 1 aromatic rings. The molecule has 0 radical (unpaired) electrons. The maximum Gasteiger partial charge on any atom is 0.416 e. The van der Waals surface area contributed by atoms with Crippen molar-refractivity contribution in [3.05, 3.63) is 35.4 Å². The van der Waals surface area contributed by atoms with Crippen molar-refractivity contribution >= 4 is 17.8 Å². The molecule has 0 aliphatic carbocycles. The lowest BCUT2D eigenvalue weighted by Gasteiger charge is -2.17. The zero-order chi connectivity index (χ0) is 18.6. The number of benzene rings is 1. The number of rotatable bonds is 2. The van der Waals surface area contributed by atoms with Gasteiger partial charge in [-0.15, -0.1) is 5.10 Å². The molecular weight excluding hydrogens is 341 g/mol. The molecule has 1 heterocycles. The number of hydrazine groups is 1. The van der Waals surface area contributed by atoms with Gasteiger partial charge in [0.1, 0.15) is 0 Å². The molecule has 0 spiro atoms. The van der Waals surface area contributed by atoms with Crippen LogP contribution in [0.3, 0.4) is 0 Å². The van der Waals surface area contributed by atoms with Gasteiger partial charge in [-0.05, 0) is 24.6 Å². The first-order chi connectivity index (χ1) is 11.8. The van der Waals surface area contributed by atoms with E-state index in [0.29, 0.717) is 6.42 Å². The second-order valence-electron chi connectivity index (χ2n) is 5.43. The van der Waals surface area contributed by atoms with Gasteiger partial charge in [0.25, 0.3) is 5.91 Å². The first-order valence-corrected chi connectivity index (χ1v) is 7.28. The Bertz CT molecular complexity index is 691. The molecule has 8 nitrogen and oxygen atoms in total. The van der Waals surface area contributed by atoms with Gasteiger partial charge in [-0.1, -0.05) is 6.07 Å². The van der Waals surface area contributed by atoms with Crippen LogP contribution < -0.4 is 22.4 Å². The third kappa shape index (κ3) is 4.38. The molecule has 11 heteroatoms. The molecule has 2 amide bonds. The SMILES string of the molecule is N/N=C(\NN)NC(=O)[C@@H]1CCN(C(=O)c2cccc(C(F)(F)F)c2)C1. The number of hydrogen-bond acceptors (Lipinski definition) is 5. The highest BCUT2D eigenvalue weighted by Gasteiger charge is 2.34. The maximum atomic E-state index is 12.7. The number of hydrogen-bond donors (Lipinski definition) is 4. The monoisotopic (exact) mass is 358 g/mol. The molecule has 25 heavy (non-hydrogen) atoms. The second kappa shape index (κ2) is 7.38. The number of likely N-dealkylation sites (tertiary alicyclic amines) is 1. The summed E-state index contributed by atoms with van der Waals surface area (Å²) in [4.78, 5) is 25.7. The molecule has 1 atom stereocenters. The minimum atomic E-state index is -4.53. The summed E-state index contributed by atoms with van der Waals surface area (Å²) in [5, 5.41) is 5.56. The Balaban J connectivity index is 2.04. The van der Waals surface area contributed by atoms with Crippen LogP contribution in [0.1, 0.15) is 22.3 Å². The summed E-state index contributed by atoms with van der Waals surface area (Å²) in [6, 6.07) is 4.17. The molecule has 2 rings (SSSR count). The molecule has 6 N–H and O–H groups in total. The van der Waals surface area contributed by atoms with E-state index in [1.165, 1.54) is 17.0 Å². The Morgan fingerprint density at radius 1 is 1.32 bits per heavy atom. The summed E-state index contributed by atoms with van der Waals surface area (Å²) in [5.74, 6) is 8.42. The van der Waals surface area contributed by atoms with Crippen molar-refractivity contribution in [3.8, 4) is 0 Å². The van der Waals surface area contributed by atoms with Gasteiger partial charge in [-0.2, -0.15) is 13.2 Å². The summed E-state index contributed by atoms with van der Waals surface area (Å²) in [7, 11) is 0. The van der Waals surface area contributed by atoms with E-state index in [2.05, 4.69) is 15.8 Å². The summed E-state index contributed by atoms with van der Waals surface area (Å²) < 4.78 is 38.2. The van der Waals surface area contributed by atoms with Gasteiger partial charge in [0.15, 0.2) is 0 Å². The molecule has 1 aromatic carbocycles. The van der Waals surface area contributed by atoms with E-state index < -0.39 is 29.5 Å². The van der Waals surface area contributed by atoms with Crippen LogP contribution in [0, 0.1) is 5.92 Å². The third-order valence-corrected chi connectivity index (χ3v) is 3.79. The molecule has 0 bridgehead atoms. The van der Waals surface area contributed by atoms with Crippen LogP contribution in [0.2, 0.25) is 0 Å². The predicted molar refractivity (Wildman–Crippen MR) is 82.5 cm³/mol. The number of hydrazone groups is 1. The highest BCUT2D eigenvalue weighted by molar-refractivity contribution is 5.99. The fourth-order valence-corrected chi connectivity index (χ4v) is 2.49. The van der Waals surface area contributed by atoms with Crippen LogP contribution in [-0.4, -0.2) is 35.8 Å². The largest absolute Gasteiger partial charge is 0.416 e. The third-order valence-electron chi connectivity index (χ3n) is 3.79. The Kier molecular flexibility index (Phi) is 5.47. The van der Waals surface area contributed by atoms with Crippen molar-refractivity contribution in [1.82, 2.24) is 15.6 Å². The van der Waals surface area contributed by atoms with Crippen molar-refractivity contribution in [3.63, 3.8) is 0 Å². The number of alkyl halides is 3. The number of nitrogens with one attached hydrogen (secondary N) is 2. The number of carbonyl (C=O) groups is 2. The summed E-state index contributed by atoms with van der Waals surface area (Å²) in [6.45, 7) is 0.321. The number of halogens is 3. The molecule has 0 aromatic heterocycles. The maximum absolute atomic E-state index is 12.7. The summed E-state index contributed by atoms with van der Waals surface area (Å²) in [5.41, 5.74) is 1.11. The van der Waals surface area contributed by atoms with Gasteiger partial charge in [-0.25, -0.2) is 5.84 Å². The van der Waals surface area contributed by atoms with Crippen molar-refractivity contribution in [1.29, 1.82) is 0 Å². The average Bonchev–Trinajstić information content (AvgIpc) is 3.08. The van der Waals surface area contributed by atoms with Crippen molar-refractivity contribution in [2.75, 3.05) is 13.1 Å². The van der Waals surface area contributed by atoms with Gasteiger partial charge in [0, 0.05) is 18.7 Å². The standard InChI is InChI=1S/C14H17F3N6O2/c15-14(16,17)10-3-1-2-8(6-10)12(25)23-5-4-9(7-23)11(24)20-13(21-18)22-19/h1-3,6,9H,4-5,7,18-19H2,(H2,20,21,22,24)/t9-/m1/s1. The van der Waals surface area contributed by atoms with Crippen LogP contribution in [0.5, 0.6) is 0 Å². The lowest BCUT2D eigenvalue weighted by Crippen LogP contribution is -2.47. The molecular formula is C14H17F3N6O2. The van der Waals surface area contributed by atoms with Crippen molar-refractivity contribution in [2.45, 2.75) is 12.6 Å². The van der Waals surface area contributed by atoms with Crippen LogP contribution in [0.4, 0.5) is 13.2 Å². The number of nitrogens with zero attached hydrogens (tertiary/aromatic N) is 2. The molecule has 1 aliphatic heterocycles. The fourth-order valence-electron chi connectivity index (χ4n) is 2.49. The van der Waals surface area contributed by atoms with E-state index in [0.717, 1.165) is 12.1 Å². The normalized spacial score (nSPS) is 18.2. The second-order valence-corrected chi connectivity index (χ2v) is 5.43. The topological polar surface area (TPSA) is 126 Å². The van der Waals surface area contributed by atoms with Crippen LogP contribution in [0.25, 0.3) is 0 Å². The van der Waals surface area contributed by atoms with E-state index in [-0.39, 0.29) is 24.6 Å². The Morgan fingerprint density at radius 3 is 2.64 bits per heavy atom. The molecule has 0 unspecified atom stereocenters. The van der Waals surface area contributed by atoms with E-state index in [1.54, 1.807) is 0 Å². The molecule has 0 saturated carbocycles. The Labute approximate surface area is 141 Å². The number of carbonyl (C=O) groups excluding carboxylic acids is 2. The minimum absolute atomic E-state index is 0.0728. The lowest BCUT2D eigenvalue weighted by molar-refractivity contribution is -0.137.